The van der Waals surface area contributed by atoms with Crippen molar-refractivity contribution < 1.29 is 9.53 Å². The zero-order valence-electron chi connectivity index (χ0n) is 18.5. The fraction of sp³-hybridized carbons (Fsp3) is 0.435. The highest BCUT2D eigenvalue weighted by Crippen LogP contribution is 2.23. The van der Waals surface area contributed by atoms with Crippen LogP contribution in [0, 0.1) is 12.8 Å². The molecule has 0 unspecified atom stereocenters. The molecule has 3 heterocycles. The van der Waals surface area contributed by atoms with Crippen molar-refractivity contribution in [3.8, 4) is 0 Å². The van der Waals surface area contributed by atoms with Gasteiger partial charge in [0.25, 0.3) is 0 Å². The number of piperidine rings is 1. The number of nitrogens with one attached hydrogen (secondary N) is 2. The van der Waals surface area contributed by atoms with Gasteiger partial charge in [-0.25, -0.2) is 19.9 Å². The minimum atomic E-state index is -0.147. The number of carbonyl (C=O) groups is 1. The summed E-state index contributed by atoms with van der Waals surface area (Å²) in [6.45, 7) is 7.25. The van der Waals surface area contributed by atoms with Crippen LogP contribution in [0.1, 0.15) is 25.3 Å². The van der Waals surface area contributed by atoms with E-state index in [1.807, 2.05) is 19.1 Å². The maximum atomic E-state index is 11.7. The number of rotatable bonds is 8. The number of hydrogen-bond donors (Lipinski definition) is 2. The van der Waals surface area contributed by atoms with Gasteiger partial charge in [-0.3, -0.25) is 9.69 Å². The Labute approximate surface area is 187 Å². The molecule has 4 rings (SSSR count). The average Bonchev–Trinajstić information content (AvgIpc) is 2.79. The van der Waals surface area contributed by atoms with Crippen molar-refractivity contribution in [3.05, 3.63) is 42.4 Å². The molecule has 0 aliphatic carbocycles. The Balaban J connectivity index is 1.36. The summed E-state index contributed by atoms with van der Waals surface area (Å²) in [7, 11) is 0. The van der Waals surface area contributed by atoms with Gasteiger partial charge in [0, 0.05) is 12.2 Å². The van der Waals surface area contributed by atoms with Crippen LogP contribution in [0.25, 0.3) is 11.0 Å². The van der Waals surface area contributed by atoms with Crippen LogP contribution in [0.4, 0.5) is 17.5 Å². The first kappa shape index (κ1) is 21.9. The molecule has 9 heteroatoms. The summed E-state index contributed by atoms with van der Waals surface area (Å²) in [5, 5.41) is 6.70. The van der Waals surface area contributed by atoms with Crippen LogP contribution in [0.2, 0.25) is 0 Å². The van der Waals surface area contributed by atoms with Crippen molar-refractivity contribution in [1.82, 2.24) is 24.8 Å². The number of likely N-dealkylation sites (tertiary alicyclic amines) is 1. The van der Waals surface area contributed by atoms with E-state index in [0.717, 1.165) is 38.2 Å². The van der Waals surface area contributed by atoms with Crippen LogP contribution < -0.4 is 10.6 Å². The van der Waals surface area contributed by atoms with Crippen molar-refractivity contribution in [2.45, 2.75) is 26.7 Å². The Morgan fingerprint density at radius 1 is 1.22 bits per heavy atom. The number of nitrogens with zero attached hydrogens (tertiary/aromatic N) is 5. The number of carbonyl (C=O) groups excluding carboxylic acids is 1. The minimum Gasteiger partial charge on any atom is -0.465 e. The topological polar surface area (TPSA) is 105 Å². The van der Waals surface area contributed by atoms with Gasteiger partial charge >= 0.3 is 5.97 Å². The van der Waals surface area contributed by atoms with Gasteiger partial charge in [0.15, 0.2) is 5.82 Å². The number of anilines is 3. The number of aromatic nitrogens is 4. The van der Waals surface area contributed by atoms with Crippen LogP contribution in [0.15, 0.2) is 36.8 Å². The molecule has 2 aromatic heterocycles. The summed E-state index contributed by atoms with van der Waals surface area (Å²) >= 11 is 0. The largest absolute Gasteiger partial charge is 0.465 e. The zero-order chi connectivity index (χ0) is 22.3. The molecule has 168 valence electrons. The van der Waals surface area contributed by atoms with Gasteiger partial charge in [0.2, 0.25) is 5.95 Å². The number of hydrogen-bond acceptors (Lipinski definition) is 9. The van der Waals surface area contributed by atoms with E-state index in [1.165, 1.54) is 11.9 Å². The number of benzene rings is 1. The zero-order valence-corrected chi connectivity index (χ0v) is 18.5. The molecular weight excluding hydrogens is 406 g/mol. The van der Waals surface area contributed by atoms with E-state index in [1.54, 1.807) is 6.20 Å². The van der Waals surface area contributed by atoms with E-state index in [0.29, 0.717) is 41.9 Å². The molecule has 9 nitrogen and oxygen atoms in total. The SMILES string of the molecule is CCOC(=O)CN1CCC(CNc2ncc3ncnc(Nc4cccc(C)c4)c3n2)CC1. The van der Waals surface area contributed by atoms with Crippen molar-refractivity contribution >= 4 is 34.5 Å². The Hall–Kier alpha value is -3.33. The summed E-state index contributed by atoms with van der Waals surface area (Å²) in [5.41, 5.74) is 3.48. The molecule has 2 N–H and O–H groups in total. The lowest BCUT2D eigenvalue weighted by Gasteiger charge is -2.31. The van der Waals surface area contributed by atoms with Crippen LogP contribution in [-0.2, 0) is 9.53 Å². The monoisotopic (exact) mass is 435 g/mol. The Kier molecular flexibility index (Phi) is 7.06. The third kappa shape index (κ3) is 5.67. The third-order valence-corrected chi connectivity index (χ3v) is 5.57. The lowest BCUT2D eigenvalue weighted by molar-refractivity contribution is -0.144. The second-order valence-corrected chi connectivity index (χ2v) is 8.05. The fourth-order valence-corrected chi connectivity index (χ4v) is 3.86. The van der Waals surface area contributed by atoms with E-state index in [-0.39, 0.29) is 5.97 Å². The van der Waals surface area contributed by atoms with Gasteiger partial charge in [-0.15, -0.1) is 0 Å². The molecule has 0 radical (unpaired) electrons. The molecule has 1 aromatic carbocycles. The number of fused-ring (bicyclic) bond motifs is 1. The minimum absolute atomic E-state index is 0.147. The first-order valence-corrected chi connectivity index (χ1v) is 11.0. The van der Waals surface area contributed by atoms with Crippen molar-refractivity contribution in [2.75, 3.05) is 43.4 Å². The summed E-state index contributed by atoms with van der Waals surface area (Å²) < 4.78 is 5.04. The van der Waals surface area contributed by atoms with Gasteiger partial charge in [0.1, 0.15) is 17.4 Å². The maximum Gasteiger partial charge on any atom is 0.320 e. The average molecular weight is 436 g/mol. The van der Waals surface area contributed by atoms with E-state index >= 15 is 0 Å². The highest BCUT2D eigenvalue weighted by molar-refractivity contribution is 5.87. The van der Waals surface area contributed by atoms with Crippen LogP contribution in [0.3, 0.4) is 0 Å². The standard InChI is InChI=1S/C23H29N7O2/c1-3-32-20(31)14-30-9-7-17(8-10-30)12-24-23-25-13-19-21(29-23)22(27-15-26-19)28-18-6-4-5-16(2)11-18/h4-6,11,13,15,17H,3,7-10,12,14H2,1-2H3,(H,24,25,29)(H,26,27,28). The Bertz CT molecular complexity index is 1070. The Morgan fingerprint density at radius 2 is 2.06 bits per heavy atom. The van der Waals surface area contributed by atoms with E-state index in [4.69, 9.17) is 4.74 Å². The molecule has 1 aliphatic rings. The second kappa shape index (κ2) is 10.3. The third-order valence-electron chi connectivity index (χ3n) is 5.57. The number of ether oxygens (including phenoxy) is 1. The molecule has 0 bridgehead atoms. The molecular formula is C23H29N7O2. The van der Waals surface area contributed by atoms with Gasteiger partial charge in [0.05, 0.1) is 19.3 Å². The molecule has 1 aliphatic heterocycles. The highest BCUT2D eigenvalue weighted by atomic mass is 16.5. The van der Waals surface area contributed by atoms with Crippen molar-refractivity contribution in [1.29, 1.82) is 0 Å². The second-order valence-electron chi connectivity index (χ2n) is 8.05. The van der Waals surface area contributed by atoms with Crippen LogP contribution in [-0.4, -0.2) is 63.6 Å². The summed E-state index contributed by atoms with van der Waals surface area (Å²) in [4.78, 5) is 31.6. The summed E-state index contributed by atoms with van der Waals surface area (Å²) in [6.07, 6.45) is 5.27. The van der Waals surface area contributed by atoms with Gasteiger partial charge in [-0.1, -0.05) is 12.1 Å². The quantitative estimate of drug-likeness (QED) is 0.516. The van der Waals surface area contributed by atoms with Crippen LogP contribution >= 0.6 is 0 Å². The van der Waals surface area contributed by atoms with Crippen molar-refractivity contribution in [3.63, 3.8) is 0 Å². The number of aryl methyl sites for hydroxylation is 1. The highest BCUT2D eigenvalue weighted by Gasteiger charge is 2.21. The van der Waals surface area contributed by atoms with Crippen LogP contribution in [0.5, 0.6) is 0 Å². The normalized spacial score (nSPS) is 14.9. The van der Waals surface area contributed by atoms with Gasteiger partial charge < -0.3 is 15.4 Å². The van der Waals surface area contributed by atoms with E-state index < -0.39 is 0 Å². The predicted molar refractivity (Wildman–Crippen MR) is 124 cm³/mol. The van der Waals surface area contributed by atoms with E-state index in [2.05, 4.69) is 54.5 Å². The summed E-state index contributed by atoms with van der Waals surface area (Å²) in [5.74, 6) is 1.57. The fourth-order valence-electron chi connectivity index (χ4n) is 3.86. The Morgan fingerprint density at radius 3 is 2.84 bits per heavy atom. The molecule has 0 spiro atoms. The van der Waals surface area contributed by atoms with Gasteiger partial charge in [-0.05, 0) is 63.4 Å². The first-order valence-electron chi connectivity index (χ1n) is 11.0. The lowest BCUT2D eigenvalue weighted by Crippen LogP contribution is -2.39. The van der Waals surface area contributed by atoms with E-state index in [9.17, 15) is 4.79 Å². The molecule has 1 fully saturated rings. The van der Waals surface area contributed by atoms with Crippen molar-refractivity contribution in [2.24, 2.45) is 5.92 Å². The number of esters is 1. The first-order chi connectivity index (χ1) is 15.6. The molecule has 0 atom stereocenters. The smallest absolute Gasteiger partial charge is 0.320 e. The molecule has 0 amide bonds. The molecule has 0 saturated carbocycles. The molecule has 1 saturated heterocycles. The molecule has 3 aromatic rings. The summed E-state index contributed by atoms with van der Waals surface area (Å²) in [6, 6.07) is 8.11. The van der Waals surface area contributed by atoms with Gasteiger partial charge in [-0.2, -0.15) is 0 Å². The lowest BCUT2D eigenvalue weighted by atomic mass is 9.97. The maximum absolute atomic E-state index is 11.7. The predicted octanol–water partition coefficient (Wildman–Crippen LogP) is 3.16. The molecule has 32 heavy (non-hydrogen) atoms.